The predicted octanol–water partition coefficient (Wildman–Crippen LogP) is 1.41. The van der Waals surface area contributed by atoms with E-state index in [1.807, 2.05) is 0 Å². The lowest BCUT2D eigenvalue weighted by Gasteiger charge is -2.28. The molecule has 1 rings (SSSR count). The smallest absolute Gasteiger partial charge is 0.211 e. The van der Waals surface area contributed by atoms with Gasteiger partial charge in [0.1, 0.15) is 0 Å². The molecule has 0 radical (unpaired) electrons. The van der Waals surface area contributed by atoms with Crippen molar-refractivity contribution in [3.8, 4) is 0 Å². The van der Waals surface area contributed by atoms with Gasteiger partial charge in [0, 0.05) is 0 Å². The van der Waals surface area contributed by atoms with E-state index in [1.54, 1.807) is 0 Å². The van der Waals surface area contributed by atoms with Gasteiger partial charge in [-0.1, -0.05) is 0 Å². The summed E-state index contributed by atoms with van der Waals surface area (Å²) < 4.78 is 1.71. The highest BCUT2D eigenvalue weighted by molar-refractivity contribution is 5.64. The lowest BCUT2D eigenvalue weighted by molar-refractivity contribution is 0.447. The molecule has 0 fully saturated rings. The van der Waals surface area contributed by atoms with E-state index in [1.165, 1.54) is 11.4 Å². The van der Waals surface area contributed by atoms with E-state index in [2.05, 4.69) is 59.7 Å². The molecule has 0 unspecified atom stereocenters. The Balaban J connectivity index is 3.19. The largest absolute Gasteiger partial charge is 0.357 e. The van der Waals surface area contributed by atoms with Crippen LogP contribution >= 0.6 is 0 Å². The number of hydrogen-bond donors (Lipinski definition) is 1. The van der Waals surface area contributed by atoms with E-state index in [0.717, 1.165) is 8.97 Å². The minimum absolute atomic E-state index is 0.856. The van der Waals surface area contributed by atoms with E-state index in [-0.39, 0.29) is 0 Å². The highest BCUT2D eigenvalue weighted by Gasteiger charge is 2.27. The molecule has 0 amide bonds. The Morgan fingerprint density at radius 2 is 1.08 bits per heavy atom. The second kappa shape index (κ2) is 2.86. The molecule has 0 aromatic carbocycles. The number of nitrogens with one attached hydrogen (secondary N) is 1. The first-order valence-electron chi connectivity index (χ1n) is 4.54. The summed E-state index contributed by atoms with van der Waals surface area (Å²) >= 11 is 0. The third-order valence-corrected chi connectivity index (χ3v) is 2.15. The summed E-state index contributed by atoms with van der Waals surface area (Å²) in [6.45, 7) is 0. The summed E-state index contributed by atoms with van der Waals surface area (Å²) in [5.41, 5.74) is 2.68. The summed E-state index contributed by atoms with van der Waals surface area (Å²) in [7, 11) is 13.1. The molecule has 0 aliphatic heterocycles. The topological polar surface area (TPSA) is 15.8 Å². The molecular weight excluding hydrogens is 162 g/mol. The summed E-state index contributed by atoms with van der Waals surface area (Å²) in [6.07, 6.45) is 4.16. The van der Waals surface area contributed by atoms with Gasteiger partial charge in [0.15, 0.2) is 0 Å². The van der Waals surface area contributed by atoms with Gasteiger partial charge in [-0.3, -0.25) is 8.97 Å². The maximum absolute atomic E-state index is 3.18. The normalized spacial score (nSPS) is 13.4. The maximum atomic E-state index is 3.18. The van der Waals surface area contributed by atoms with E-state index in [0.29, 0.717) is 0 Å². The Bertz CT molecular complexity index is 257. The van der Waals surface area contributed by atoms with Crippen LogP contribution < -0.4 is 8.97 Å². The Labute approximate surface area is 80.8 Å². The van der Waals surface area contributed by atoms with Crippen molar-refractivity contribution in [1.82, 2.24) is 14.0 Å². The van der Waals surface area contributed by atoms with Crippen molar-refractivity contribution < 1.29 is 0 Å². The van der Waals surface area contributed by atoms with Crippen LogP contribution in [0.25, 0.3) is 0 Å². The number of hydrogen-bond acceptors (Lipinski definition) is 0. The average molecular weight is 183 g/mol. The molecule has 1 aromatic heterocycles. The Morgan fingerprint density at radius 3 is 1.31 bits per heavy atom. The Hall–Kier alpha value is -0.800. The quantitative estimate of drug-likeness (QED) is 0.667. The summed E-state index contributed by atoms with van der Waals surface area (Å²) in [6, 6.07) is 0. The zero-order valence-corrected chi connectivity index (χ0v) is 9.55. The van der Waals surface area contributed by atoms with Crippen LogP contribution in [0.15, 0.2) is 12.4 Å². The number of nitrogens with zero attached hydrogens (tertiary/aromatic N) is 2. The van der Waals surface area contributed by atoms with Crippen LogP contribution in [0.2, 0.25) is 0 Å². The molecular formula is C10H21N3+2. The number of aromatic amines is 1. The summed E-state index contributed by atoms with van der Waals surface area (Å²) in [4.78, 5) is 3.18. The zero-order valence-electron chi connectivity index (χ0n) is 9.55. The highest BCUT2D eigenvalue weighted by atomic mass is 15.4. The average Bonchev–Trinajstić information content (AvgIpc) is 2.27. The molecule has 1 aromatic rings. The van der Waals surface area contributed by atoms with Gasteiger partial charge in [-0.25, -0.2) is 0 Å². The Morgan fingerprint density at radius 1 is 0.769 bits per heavy atom. The molecule has 13 heavy (non-hydrogen) atoms. The lowest BCUT2D eigenvalue weighted by Crippen LogP contribution is -2.40. The summed E-state index contributed by atoms with van der Waals surface area (Å²) in [5, 5.41) is 0. The first kappa shape index (κ1) is 10.3. The monoisotopic (exact) mass is 183 g/mol. The molecule has 0 aliphatic rings. The second-order valence-corrected chi connectivity index (χ2v) is 5.25. The first-order chi connectivity index (χ1) is 5.73. The zero-order chi connectivity index (χ0) is 10.3. The van der Waals surface area contributed by atoms with Gasteiger partial charge in [0.05, 0.1) is 54.7 Å². The van der Waals surface area contributed by atoms with Crippen LogP contribution in [-0.4, -0.2) is 47.3 Å². The number of quaternary nitrogens is 2. The molecule has 0 saturated carbocycles. The van der Waals surface area contributed by atoms with Gasteiger partial charge >= 0.3 is 0 Å². The van der Waals surface area contributed by atoms with Gasteiger partial charge in [-0.05, 0) is 0 Å². The van der Waals surface area contributed by atoms with Crippen LogP contribution in [0, 0.1) is 0 Å². The standard InChI is InChI=1S/C10H21N3/c1-12(2,3)9-7-11-8-10(9)13(4,5)6/h7-8,11H,1-6H3/q+2. The van der Waals surface area contributed by atoms with Crippen molar-refractivity contribution in [2.24, 2.45) is 0 Å². The van der Waals surface area contributed by atoms with Crippen LogP contribution in [0.5, 0.6) is 0 Å². The molecule has 0 saturated heterocycles. The van der Waals surface area contributed by atoms with E-state index < -0.39 is 0 Å². The van der Waals surface area contributed by atoms with Gasteiger partial charge in [0.2, 0.25) is 11.4 Å². The van der Waals surface area contributed by atoms with E-state index >= 15 is 0 Å². The fourth-order valence-corrected chi connectivity index (χ4v) is 1.42. The van der Waals surface area contributed by atoms with Crippen molar-refractivity contribution in [1.29, 1.82) is 0 Å². The second-order valence-electron chi connectivity index (χ2n) is 5.25. The molecule has 0 bridgehead atoms. The minimum atomic E-state index is 0.856. The molecule has 0 atom stereocenters. The fraction of sp³-hybridized carbons (Fsp3) is 0.600. The summed E-state index contributed by atoms with van der Waals surface area (Å²) in [5.74, 6) is 0. The SMILES string of the molecule is C[N+](C)(C)c1c[nH]cc1[N+](C)(C)C. The third kappa shape index (κ3) is 2.11. The molecule has 0 aliphatic carbocycles. The highest BCUT2D eigenvalue weighted by Crippen LogP contribution is 2.32. The van der Waals surface area contributed by atoms with E-state index in [9.17, 15) is 0 Å². The molecule has 1 N–H and O–H groups in total. The van der Waals surface area contributed by atoms with E-state index in [4.69, 9.17) is 0 Å². The maximum Gasteiger partial charge on any atom is 0.211 e. The predicted molar refractivity (Wildman–Crippen MR) is 59.9 cm³/mol. The van der Waals surface area contributed by atoms with Crippen LogP contribution in [0.1, 0.15) is 0 Å². The van der Waals surface area contributed by atoms with Gasteiger partial charge in [-0.15, -0.1) is 0 Å². The molecule has 74 valence electrons. The van der Waals surface area contributed by atoms with Crippen molar-refractivity contribution in [3.05, 3.63) is 12.4 Å². The van der Waals surface area contributed by atoms with Gasteiger partial charge < -0.3 is 4.98 Å². The third-order valence-electron chi connectivity index (χ3n) is 2.15. The lowest BCUT2D eigenvalue weighted by atomic mass is 10.3. The Kier molecular flexibility index (Phi) is 2.26. The van der Waals surface area contributed by atoms with Crippen LogP contribution in [0.3, 0.4) is 0 Å². The van der Waals surface area contributed by atoms with Crippen molar-refractivity contribution in [3.63, 3.8) is 0 Å². The van der Waals surface area contributed by atoms with Crippen molar-refractivity contribution in [2.75, 3.05) is 42.3 Å². The number of H-pyrrole nitrogens is 1. The molecule has 1 heterocycles. The van der Waals surface area contributed by atoms with Crippen LogP contribution in [0.4, 0.5) is 11.4 Å². The van der Waals surface area contributed by atoms with Crippen molar-refractivity contribution in [2.45, 2.75) is 0 Å². The number of rotatable bonds is 2. The molecule has 3 nitrogen and oxygen atoms in total. The first-order valence-corrected chi connectivity index (χ1v) is 4.54. The molecule has 0 spiro atoms. The van der Waals surface area contributed by atoms with Gasteiger partial charge in [-0.2, -0.15) is 0 Å². The fourth-order valence-electron chi connectivity index (χ4n) is 1.42. The minimum Gasteiger partial charge on any atom is -0.357 e. The molecule has 3 heteroatoms. The van der Waals surface area contributed by atoms with Gasteiger partial charge in [0.25, 0.3) is 0 Å². The van der Waals surface area contributed by atoms with Crippen molar-refractivity contribution >= 4 is 11.4 Å². The van der Waals surface area contributed by atoms with Crippen LogP contribution in [-0.2, 0) is 0 Å². The number of aromatic nitrogens is 1.